The highest BCUT2D eigenvalue weighted by atomic mass is 16.5. The number of nitrogens with one attached hydrogen (secondary N) is 1. The first-order valence-corrected chi connectivity index (χ1v) is 5.45. The molecule has 0 aliphatic carbocycles. The Morgan fingerprint density at radius 3 is 2.61 bits per heavy atom. The Hall–Kier alpha value is -2.62. The summed E-state index contributed by atoms with van der Waals surface area (Å²) in [6, 6.07) is 12.2. The Labute approximate surface area is 102 Å². The van der Waals surface area contributed by atoms with Gasteiger partial charge in [0.25, 0.3) is 6.47 Å². The monoisotopic (exact) mass is 239 g/mol. The Bertz CT molecular complexity index is 805. The summed E-state index contributed by atoms with van der Waals surface area (Å²) >= 11 is 0. The fraction of sp³-hybridized carbons (Fsp3) is 0. The molecule has 18 heavy (non-hydrogen) atoms. The van der Waals surface area contributed by atoms with Crippen molar-refractivity contribution in [3.63, 3.8) is 0 Å². The number of hydrogen-bond donors (Lipinski definition) is 1. The second-order valence-electron chi connectivity index (χ2n) is 3.92. The summed E-state index contributed by atoms with van der Waals surface area (Å²) < 4.78 is 4.76. The average molecular weight is 239 g/mol. The van der Waals surface area contributed by atoms with Crippen LogP contribution in [0, 0.1) is 0 Å². The van der Waals surface area contributed by atoms with Crippen LogP contribution in [0.3, 0.4) is 0 Å². The maximum atomic E-state index is 12.2. The van der Waals surface area contributed by atoms with E-state index in [0.717, 1.165) is 5.52 Å². The minimum Gasteiger partial charge on any atom is -0.429 e. The Morgan fingerprint density at radius 1 is 1.00 bits per heavy atom. The first kappa shape index (κ1) is 10.5. The molecule has 0 aliphatic heterocycles. The van der Waals surface area contributed by atoms with Crippen molar-refractivity contribution in [2.75, 3.05) is 0 Å². The zero-order chi connectivity index (χ0) is 12.5. The van der Waals surface area contributed by atoms with Crippen LogP contribution in [-0.4, -0.2) is 11.5 Å². The number of fused-ring (bicyclic) bond motifs is 2. The Kier molecular flexibility index (Phi) is 2.34. The molecule has 1 N–H and O–H groups in total. The largest absolute Gasteiger partial charge is 0.429 e. The van der Waals surface area contributed by atoms with Crippen molar-refractivity contribution in [2.24, 2.45) is 0 Å². The normalized spacial score (nSPS) is 10.7. The van der Waals surface area contributed by atoms with Crippen LogP contribution in [0.15, 0.2) is 47.3 Å². The number of H-pyrrole nitrogens is 1. The molecule has 4 nitrogen and oxygen atoms in total. The minimum atomic E-state index is -0.0306. The number of pyridine rings is 1. The number of para-hydroxylation sites is 1. The molecule has 1 heterocycles. The molecule has 0 radical (unpaired) electrons. The lowest BCUT2D eigenvalue weighted by Gasteiger charge is -2.04. The molecule has 0 amide bonds. The molecule has 2 aromatic carbocycles. The maximum absolute atomic E-state index is 12.2. The maximum Gasteiger partial charge on any atom is 0.298 e. The van der Waals surface area contributed by atoms with Gasteiger partial charge in [0.2, 0.25) is 0 Å². The van der Waals surface area contributed by atoms with Crippen molar-refractivity contribution in [3.05, 3.63) is 52.7 Å². The number of aromatic nitrogens is 1. The number of ether oxygens (including phenoxy) is 1. The van der Waals surface area contributed by atoms with Gasteiger partial charge in [0.1, 0.15) is 5.75 Å². The van der Waals surface area contributed by atoms with Gasteiger partial charge in [-0.05, 0) is 24.3 Å². The van der Waals surface area contributed by atoms with Crippen LogP contribution in [-0.2, 0) is 4.79 Å². The summed E-state index contributed by atoms with van der Waals surface area (Å²) in [5.41, 5.74) is 1.38. The van der Waals surface area contributed by atoms with Crippen LogP contribution in [0.5, 0.6) is 5.75 Å². The second-order valence-corrected chi connectivity index (χ2v) is 3.92. The summed E-state index contributed by atoms with van der Waals surface area (Å²) in [5, 5.41) is 1.22. The second kappa shape index (κ2) is 4.00. The highest BCUT2D eigenvalue weighted by molar-refractivity contribution is 5.92. The predicted octanol–water partition coefficient (Wildman–Crippen LogP) is 2.22. The van der Waals surface area contributed by atoms with Crippen LogP contribution in [0.2, 0.25) is 0 Å². The predicted molar refractivity (Wildman–Crippen MR) is 68.8 cm³/mol. The molecule has 0 aliphatic rings. The van der Waals surface area contributed by atoms with E-state index in [0.29, 0.717) is 28.5 Å². The zero-order valence-electron chi connectivity index (χ0n) is 9.34. The van der Waals surface area contributed by atoms with Crippen LogP contribution in [0.25, 0.3) is 21.8 Å². The summed E-state index contributed by atoms with van der Waals surface area (Å²) in [6.07, 6.45) is 0. The van der Waals surface area contributed by atoms with E-state index in [1.807, 2.05) is 18.2 Å². The molecule has 0 bridgehead atoms. The smallest absolute Gasteiger partial charge is 0.298 e. The molecular weight excluding hydrogens is 230 g/mol. The lowest BCUT2D eigenvalue weighted by atomic mass is 10.1. The van der Waals surface area contributed by atoms with E-state index in [4.69, 9.17) is 4.74 Å². The molecule has 3 aromatic rings. The van der Waals surface area contributed by atoms with E-state index in [9.17, 15) is 9.59 Å². The standard InChI is InChI=1S/C14H9NO3/c16-8-18-9-5-6-11-13(7-9)15-12-4-2-1-3-10(12)14(11)17/h1-8H,(H,15,17). The van der Waals surface area contributed by atoms with Crippen molar-refractivity contribution in [1.82, 2.24) is 4.98 Å². The zero-order valence-corrected chi connectivity index (χ0v) is 9.34. The number of aromatic amines is 1. The fourth-order valence-corrected chi connectivity index (χ4v) is 2.03. The van der Waals surface area contributed by atoms with Gasteiger partial charge in [-0.2, -0.15) is 0 Å². The number of carbonyl (C=O) groups excluding carboxylic acids is 1. The van der Waals surface area contributed by atoms with E-state index in [1.54, 1.807) is 24.3 Å². The lowest BCUT2D eigenvalue weighted by molar-refractivity contribution is -0.120. The minimum absolute atomic E-state index is 0.0306. The molecule has 4 heteroatoms. The average Bonchev–Trinajstić information content (AvgIpc) is 2.39. The van der Waals surface area contributed by atoms with Crippen LogP contribution in [0.1, 0.15) is 0 Å². The molecule has 88 valence electrons. The summed E-state index contributed by atoms with van der Waals surface area (Å²) in [6.45, 7) is 0.361. The highest BCUT2D eigenvalue weighted by Crippen LogP contribution is 2.19. The molecule has 0 fully saturated rings. The number of rotatable bonds is 2. The highest BCUT2D eigenvalue weighted by Gasteiger charge is 2.05. The van der Waals surface area contributed by atoms with E-state index >= 15 is 0 Å². The van der Waals surface area contributed by atoms with E-state index < -0.39 is 0 Å². The first-order chi connectivity index (χ1) is 8.79. The molecule has 0 spiro atoms. The van der Waals surface area contributed by atoms with E-state index in [1.165, 1.54) is 0 Å². The molecular formula is C14H9NO3. The van der Waals surface area contributed by atoms with E-state index in [-0.39, 0.29) is 5.43 Å². The number of carbonyl (C=O) groups is 1. The molecule has 3 rings (SSSR count). The van der Waals surface area contributed by atoms with Gasteiger partial charge >= 0.3 is 0 Å². The van der Waals surface area contributed by atoms with Crippen molar-refractivity contribution >= 4 is 28.3 Å². The van der Waals surface area contributed by atoms with Crippen LogP contribution in [0.4, 0.5) is 0 Å². The molecule has 0 unspecified atom stereocenters. The molecule has 0 saturated carbocycles. The quantitative estimate of drug-likeness (QED) is 0.551. The molecule has 0 atom stereocenters. The first-order valence-electron chi connectivity index (χ1n) is 5.45. The van der Waals surface area contributed by atoms with Gasteiger partial charge in [-0.1, -0.05) is 12.1 Å². The molecule has 0 saturated heterocycles. The molecule has 1 aromatic heterocycles. The van der Waals surface area contributed by atoms with Gasteiger partial charge < -0.3 is 9.72 Å². The third-order valence-electron chi connectivity index (χ3n) is 2.86. The fourth-order valence-electron chi connectivity index (χ4n) is 2.03. The third-order valence-corrected chi connectivity index (χ3v) is 2.86. The van der Waals surface area contributed by atoms with Gasteiger partial charge in [-0.3, -0.25) is 9.59 Å². The van der Waals surface area contributed by atoms with Crippen molar-refractivity contribution < 1.29 is 9.53 Å². The van der Waals surface area contributed by atoms with Crippen molar-refractivity contribution in [1.29, 1.82) is 0 Å². The Balaban J connectivity index is 2.40. The summed E-state index contributed by atoms with van der Waals surface area (Å²) in [7, 11) is 0. The lowest BCUT2D eigenvalue weighted by Crippen LogP contribution is -2.04. The van der Waals surface area contributed by atoms with Gasteiger partial charge in [0.15, 0.2) is 5.43 Å². The SMILES string of the molecule is O=COc1ccc2c(=O)c3ccccc3[nH]c2c1. The van der Waals surface area contributed by atoms with Crippen molar-refractivity contribution in [2.45, 2.75) is 0 Å². The summed E-state index contributed by atoms with van der Waals surface area (Å²) in [5.74, 6) is 0.406. The number of benzene rings is 2. The van der Waals surface area contributed by atoms with E-state index in [2.05, 4.69) is 4.98 Å². The summed E-state index contributed by atoms with van der Waals surface area (Å²) in [4.78, 5) is 25.7. The number of hydrogen-bond acceptors (Lipinski definition) is 3. The Morgan fingerprint density at radius 2 is 1.78 bits per heavy atom. The van der Waals surface area contributed by atoms with Gasteiger partial charge in [0, 0.05) is 22.4 Å². The van der Waals surface area contributed by atoms with Gasteiger partial charge in [-0.25, -0.2) is 0 Å². The topological polar surface area (TPSA) is 59.2 Å². The van der Waals surface area contributed by atoms with Gasteiger partial charge in [0.05, 0.1) is 5.52 Å². The van der Waals surface area contributed by atoms with Crippen LogP contribution >= 0.6 is 0 Å². The van der Waals surface area contributed by atoms with Crippen molar-refractivity contribution in [3.8, 4) is 5.75 Å². The van der Waals surface area contributed by atoms with Crippen LogP contribution < -0.4 is 10.2 Å². The van der Waals surface area contributed by atoms with Gasteiger partial charge in [-0.15, -0.1) is 0 Å². The third kappa shape index (κ3) is 1.55.